The maximum Gasteiger partial charge on any atom is 0.336 e. The van der Waals surface area contributed by atoms with Gasteiger partial charge in [0.05, 0.1) is 5.56 Å². The number of hydrogen-bond donors (Lipinski definition) is 1. The van der Waals surface area contributed by atoms with Gasteiger partial charge in [-0.25, -0.2) is 4.79 Å². The predicted octanol–water partition coefficient (Wildman–Crippen LogP) is 2.55. The van der Waals surface area contributed by atoms with Gasteiger partial charge in [-0.3, -0.25) is 0 Å². The van der Waals surface area contributed by atoms with Crippen LogP contribution in [-0.2, 0) is 4.84 Å². The minimum absolute atomic E-state index is 0.264. The smallest absolute Gasteiger partial charge is 0.336 e. The third-order valence-electron chi connectivity index (χ3n) is 2.17. The van der Waals surface area contributed by atoms with Crippen LogP contribution in [0, 0.1) is 0 Å². The molecule has 5 heteroatoms. The van der Waals surface area contributed by atoms with Gasteiger partial charge in [-0.2, -0.15) is 0 Å². The van der Waals surface area contributed by atoms with Crippen LogP contribution < -0.4 is 0 Å². The number of hydrogen-bond acceptors (Lipinski definition) is 3. The summed E-state index contributed by atoms with van der Waals surface area (Å²) in [5.41, 5.74) is 0.920. The van der Waals surface area contributed by atoms with Crippen molar-refractivity contribution in [1.29, 1.82) is 0 Å². The first-order chi connectivity index (χ1) is 7.18. The molecule has 1 N–H and O–H groups in total. The van der Waals surface area contributed by atoms with Gasteiger partial charge in [0.15, 0.2) is 6.10 Å². The normalized spacial score (nSPS) is 19.5. The number of oxime groups is 1. The molecule has 1 unspecified atom stereocenters. The summed E-state index contributed by atoms with van der Waals surface area (Å²) in [7, 11) is 0. The zero-order valence-electron chi connectivity index (χ0n) is 7.68. The number of carboxylic acids is 1. The van der Waals surface area contributed by atoms with Gasteiger partial charge in [-0.15, -0.1) is 0 Å². The molecule has 0 saturated heterocycles. The van der Waals surface area contributed by atoms with Gasteiger partial charge in [0.25, 0.3) is 0 Å². The largest absolute Gasteiger partial charge is 0.478 e. The van der Waals surface area contributed by atoms with E-state index in [1.54, 1.807) is 24.3 Å². The molecule has 1 aliphatic heterocycles. The Morgan fingerprint density at radius 1 is 1.53 bits per heavy atom. The van der Waals surface area contributed by atoms with Crippen LogP contribution >= 0.6 is 15.9 Å². The first-order valence-corrected chi connectivity index (χ1v) is 5.18. The van der Waals surface area contributed by atoms with Gasteiger partial charge in [0.2, 0.25) is 0 Å². The van der Waals surface area contributed by atoms with Crippen molar-refractivity contribution >= 4 is 26.5 Å². The molecule has 0 aromatic heterocycles. The number of benzene rings is 1. The van der Waals surface area contributed by atoms with Gasteiger partial charge in [-0.05, 0) is 22.0 Å². The van der Waals surface area contributed by atoms with E-state index in [1.807, 2.05) is 0 Å². The summed E-state index contributed by atoms with van der Waals surface area (Å²) in [6, 6.07) is 6.79. The molecule has 0 saturated carbocycles. The molecule has 1 heterocycles. The second kappa shape index (κ2) is 4.02. The molecule has 0 spiro atoms. The fourth-order valence-electron chi connectivity index (χ4n) is 1.49. The Morgan fingerprint density at radius 3 is 2.87 bits per heavy atom. The van der Waals surface area contributed by atoms with Gasteiger partial charge in [-0.1, -0.05) is 23.4 Å². The first kappa shape index (κ1) is 10.2. The lowest BCUT2D eigenvalue weighted by atomic mass is 10.0. The third-order valence-corrected chi connectivity index (χ3v) is 2.64. The maximum absolute atomic E-state index is 11.0. The highest BCUT2D eigenvalue weighted by Gasteiger charge is 2.25. The average molecular weight is 270 g/mol. The van der Waals surface area contributed by atoms with E-state index >= 15 is 0 Å². The minimum Gasteiger partial charge on any atom is -0.478 e. The number of carboxylic acid groups (broad SMARTS) is 1. The molecule has 2 rings (SSSR count). The Morgan fingerprint density at radius 2 is 2.27 bits per heavy atom. The van der Waals surface area contributed by atoms with Crippen molar-refractivity contribution in [3.63, 3.8) is 0 Å². The summed E-state index contributed by atoms with van der Waals surface area (Å²) < 4.78 is 0.702. The molecule has 0 aliphatic carbocycles. The SMILES string of the molecule is O=C(O)c1ccccc1C1CC(Br)=NO1. The molecule has 78 valence electrons. The summed E-state index contributed by atoms with van der Waals surface area (Å²) >= 11 is 3.22. The third kappa shape index (κ3) is 2.02. The molecular formula is C10H8BrNO3. The first-order valence-electron chi connectivity index (χ1n) is 4.39. The number of nitrogens with zero attached hydrogens (tertiary/aromatic N) is 1. The molecule has 1 atom stereocenters. The van der Waals surface area contributed by atoms with E-state index in [2.05, 4.69) is 21.1 Å². The highest BCUT2D eigenvalue weighted by atomic mass is 79.9. The Bertz CT molecular complexity index is 430. The average Bonchev–Trinajstić information content (AvgIpc) is 2.65. The standard InChI is InChI=1S/C10H8BrNO3/c11-9-5-8(15-12-9)6-3-1-2-4-7(6)10(13)14/h1-4,8H,5H2,(H,13,14). The van der Waals surface area contributed by atoms with E-state index in [-0.39, 0.29) is 11.7 Å². The van der Waals surface area contributed by atoms with Crippen LogP contribution in [0.4, 0.5) is 0 Å². The summed E-state index contributed by atoms with van der Waals surface area (Å²) in [6.07, 6.45) is 0.274. The van der Waals surface area contributed by atoms with Gasteiger partial charge in [0.1, 0.15) is 4.62 Å². The molecule has 0 fully saturated rings. The second-order valence-corrected chi connectivity index (χ2v) is 4.07. The highest BCUT2D eigenvalue weighted by Crippen LogP contribution is 2.30. The number of aromatic carboxylic acids is 1. The molecule has 0 radical (unpaired) electrons. The van der Waals surface area contributed by atoms with E-state index in [0.717, 1.165) is 0 Å². The Labute approximate surface area is 94.7 Å². The lowest BCUT2D eigenvalue weighted by molar-refractivity contribution is 0.0664. The zero-order chi connectivity index (χ0) is 10.8. The fraction of sp³-hybridized carbons (Fsp3) is 0.200. The van der Waals surface area contributed by atoms with E-state index in [0.29, 0.717) is 16.6 Å². The van der Waals surface area contributed by atoms with E-state index in [4.69, 9.17) is 9.94 Å². The summed E-state index contributed by atoms with van der Waals surface area (Å²) in [5.74, 6) is -0.947. The lowest BCUT2D eigenvalue weighted by Gasteiger charge is -2.10. The highest BCUT2D eigenvalue weighted by molar-refractivity contribution is 9.18. The van der Waals surface area contributed by atoms with Crippen LogP contribution in [0.25, 0.3) is 0 Å². The molecule has 15 heavy (non-hydrogen) atoms. The fourth-order valence-corrected chi connectivity index (χ4v) is 1.87. The van der Waals surface area contributed by atoms with Crippen LogP contribution in [0.3, 0.4) is 0 Å². The molecule has 0 bridgehead atoms. The van der Waals surface area contributed by atoms with Crippen molar-refractivity contribution in [1.82, 2.24) is 0 Å². The minimum atomic E-state index is -0.947. The molecule has 1 aromatic carbocycles. The topological polar surface area (TPSA) is 58.9 Å². The molecule has 1 aromatic rings. The Kier molecular flexibility index (Phi) is 2.73. The summed E-state index contributed by atoms with van der Waals surface area (Å²) in [4.78, 5) is 16.1. The van der Waals surface area contributed by atoms with Crippen LogP contribution in [0.2, 0.25) is 0 Å². The second-order valence-electron chi connectivity index (χ2n) is 3.16. The molecular weight excluding hydrogens is 262 g/mol. The van der Waals surface area contributed by atoms with Crippen molar-refractivity contribution in [2.45, 2.75) is 12.5 Å². The lowest BCUT2D eigenvalue weighted by Crippen LogP contribution is -2.06. The molecule has 1 aliphatic rings. The van der Waals surface area contributed by atoms with Crippen molar-refractivity contribution in [3.05, 3.63) is 35.4 Å². The van der Waals surface area contributed by atoms with Gasteiger partial charge < -0.3 is 9.94 Å². The van der Waals surface area contributed by atoms with Crippen molar-refractivity contribution in [3.8, 4) is 0 Å². The number of rotatable bonds is 2. The van der Waals surface area contributed by atoms with Crippen LogP contribution in [0.1, 0.15) is 28.4 Å². The van der Waals surface area contributed by atoms with E-state index in [9.17, 15) is 4.79 Å². The predicted molar refractivity (Wildman–Crippen MR) is 58.2 cm³/mol. The van der Waals surface area contributed by atoms with Crippen molar-refractivity contribution in [2.75, 3.05) is 0 Å². The quantitative estimate of drug-likeness (QED) is 0.898. The molecule has 4 nitrogen and oxygen atoms in total. The zero-order valence-corrected chi connectivity index (χ0v) is 9.27. The van der Waals surface area contributed by atoms with E-state index in [1.165, 1.54) is 0 Å². The van der Waals surface area contributed by atoms with Crippen LogP contribution in [-0.4, -0.2) is 15.7 Å². The van der Waals surface area contributed by atoms with Crippen LogP contribution in [0.5, 0.6) is 0 Å². The van der Waals surface area contributed by atoms with Gasteiger partial charge in [0, 0.05) is 12.0 Å². The Balaban J connectivity index is 2.32. The van der Waals surface area contributed by atoms with Crippen LogP contribution in [0.15, 0.2) is 29.4 Å². The van der Waals surface area contributed by atoms with Crippen molar-refractivity contribution < 1.29 is 14.7 Å². The Hall–Kier alpha value is -1.36. The summed E-state index contributed by atoms with van der Waals surface area (Å²) in [5, 5.41) is 12.7. The van der Waals surface area contributed by atoms with E-state index < -0.39 is 5.97 Å². The monoisotopic (exact) mass is 269 g/mol. The van der Waals surface area contributed by atoms with Crippen molar-refractivity contribution in [2.24, 2.45) is 5.16 Å². The molecule has 0 amide bonds. The number of carbonyl (C=O) groups is 1. The number of halogens is 1. The maximum atomic E-state index is 11.0. The summed E-state index contributed by atoms with van der Waals surface area (Å²) in [6.45, 7) is 0. The van der Waals surface area contributed by atoms with Gasteiger partial charge >= 0.3 is 5.97 Å².